The van der Waals surface area contributed by atoms with Crippen LogP contribution in [0.5, 0.6) is 5.75 Å². The molecule has 0 aromatic carbocycles. The van der Waals surface area contributed by atoms with E-state index < -0.39 is 47.4 Å². The Balaban J connectivity index is 2.27. The van der Waals surface area contributed by atoms with Crippen molar-refractivity contribution < 1.29 is 38.5 Å². The Morgan fingerprint density at radius 2 is 1.81 bits per heavy atom. The number of nitrogens with zero attached hydrogens (tertiary/aromatic N) is 2. The van der Waals surface area contributed by atoms with Crippen molar-refractivity contribution in [1.29, 1.82) is 0 Å². The molecule has 0 saturated carbocycles. The number of nitrogens with one attached hydrogen (secondary N) is 2. The Kier molecular flexibility index (Phi) is 9.66. The molecule has 1 fully saturated rings. The van der Waals surface area contributed by atoms with Crippen molar-refractivity contribution in [2.24, 2.45) is 0 Å². The van der Waals surface area contributed by atoms with Crippen molar-refractivity contribution in [3.8, 4) is 5.75 Å². The molecule has 1 aliphatic rings. The molecule has 2 heterocycles. The average molecular weight is 573 g/mol. The van der Waals surface area contributed by atoms with Gasteiger partial charge in [0.15, 0.2) is 0 Å². The summed E-state index contributed by atoms with van der Waals surface area (Å²) >= 11 is 3.25. The lowest BCUT2D eigenvalue weighted by molar-refractivity contribution is -0.147. The van der Waals surface area contributed by atoms with Crippen molar-refractivity contribution in [2.45, 2.75) is 84.1 Å². The number of amides is 2. The van der Waals surface area contributed by atoms with Gasteiger partial charge >= 0.3 is 18.2 Å². The van der Waals surface area contributed by atoms with Crippen molar-refractivity contribution in [1.82, 2.24) is 20.7 Å². The number of alkyl carbamates (subject to hydrolysis) is 1. The molecule has 3 N–H and O–H groups in total. The highest BCUT2D eigenvalue weighted by Crippen LogP contribution is 2.22. The highest BCUT2D eigenvalue weighted by atomic mass is 79.9. The third-order valence-corrected chi connectivity index (χ3v) is 4.97. The lowest BCUT2D eigenvalue weighted by atomic mass is 10.1. The topological polar surface area (TPSA) is 156 Å². The molecule has 12 nitrogen and oxygen atoms in total. The van der Waals surface area contributed by atoms with E-state index in [0.717, 1.165) is 0 Å². The summed E-state index contributed by atoms with van der Waals surface area (Å²) in [7, 11) is 0. The van der Waals surface area contributed by atoms with Gasteiger partial charge in [-0.2, -0.15) is 0 Å². The second-order valence-electron chi connectivity index (χ2n) is 10.2. The first kappa shape index (κ1) is 29.3. The van der Waals surface area contributed by atoms with E-state index in [1.807, 2.05) is 0 Å². The maximum Gasteiger partial charge on any atom is 0.514 e. The summed E-state index contributed by atoms with van der Waals surface area (Å²) in [5, 5.41) is 13.1. The van der Waals surface area contributed by atoms with Gasteiger partial charge in [0.1, 0.15) is 33.6 Å². The van der Waals surface area contributed by atoms with Gasteiger partial charge in [0.05, 0.1) is 0 Å². The number of carbonyl (C=O) groups excluding carboxylic acids is 3. The molecule has 2 rings (SSSR count). The lowest BCUT2D eigenvalue weighted by Crippen LogP contribution is -2.60. The van der Waals surface area contributed by atoms with Gasteiger partial charge < -0.3 is 24.6 Å². The van der Waals surface area contributed by atoms with Gasteiger partial charge in [-0.3, -0.25) is 14.6 Å². The zero-order valence-electron chi connectivity index (χ0n) is 21.2. The fraction of sp³-hybridized carbons (Fsp3) is 0.609. The smallest absolute Gasteiger partial charge is 0.480 e. The minimum absolute atomic E-state index is 0.0991. The van der Waals surface area contributed by atoms with Crippen molar-refractivity contribution in [2.75, 3.05) is 6.54 Å². The first-order valence-electron chi connectivity index (χ1n) is 11.4. The van der Waals surface area contributed by atoms with Crippen LogP contribution >= 0.6 is 15.9 Å². The maximum absolute atomic E-state index is 13.3. The Morgan fingerprint density at radius 3 is 2.39 bits per heavy atom. The van der Waals surface area contributed by atoms with Gasteiger partial charge in [-0.05, 0) is 70.3 Å². The van der Waals surface area contributed by atoms with Crippen molar-refractivity contribution >= 4 is 40.1 Å². The van der Waals surface area contributed by atoms with Crippen LogP contribution in [0.2, 0.25) is 0 Å². The van der Waals surface area contributed by atoms with Gasteiger partial charge in [-0.25, -0.2) is 20.0 Å². The van der Waals surface area contributed by atoms with Gasteiger partial charge in [0, 0.05) is 30.8 Å². The van der Waals surface area contributed by atoms with E-state index in [9.17, 15) is 24.3 Å². The van der Waals surface area contributed by atoms with Crippen LogP contribution in [-0.2, 0) is 25.5 Å². The van der Waals surface area contributed by atoms with Gasteiger partial charge in [-0.1, -0.05) is 0 Å². The standard InChI is InChI=1S/C23H33BrN4O8/c1-22(2,3)35-20(32)26-16(18(29)28-9-7-8-15(27-28)19(30)31)11-13-10-14(12-17(24)25-13)34-21(33)36-23(4,5)6/h10,12,15-16,27H,7-9,11H2,1-6H3,(H,26,32)(H,30,31)/t15-,16?/m0/s1. The minimum Gasteiger partial charge on any atom is -0.480 e. The molecule has 0 radical (unpaired) electrons. The molecule has 1 aromatic rings. The molecule has 2 atom stereocenters. The molecule has 0 aliphatic carbocycles. The summed E-state index contributed by atoms with van der Waals surface area (Å²) in [6.07, 6.45) is -1.01. The molecule has 0 bridgehead atoms. The number of hydrogen-bond acceptors (Lipinski definition) is 9. The molecule has 1 saturated heterocycles. The van der Waals surface area contributed by atoms with E-state index in [4.69, 9.17) is 14.2 Å². The SMILES string of the molecule is CC(C)(C)OC(=O)NC(Cc1cc(OC(=O)OC(C)(C)C)cc(Br)n1)C(=O)N1CCC[C@@H](C(=O)O)N1. The second kappa shape index (κ2) is 11.9. The number of carbonyl (C=O) groups is 4. The summed E-state index contributed by atoms with van der Waals surface area (Å²) < 4.78 is 16.0. The molecule has 1 aromatic heterocycles. The van der Waals surface area contributed by atoms with E-state index in [1.165, 1.54) is 17.1 Å². The summed E-state index contributed by atoms with van der Waals surface area (Å²) in [6.45, 7) is 10.4. The number of hydrogen-bond donors (Lipinski definition) is 3. The Morgan fingerprint density at radius 1 is 1.17 bits per heavy atom. The second-order valence-corrected chi connectivity index (χ2v) is 11.1. The van der Waals surface area contributed by atoms with Gasteiger partial charge in [0.2, 0.25) is 0 Å². The van der Waals surface area contributed by atoms with E-state index in [2.05, 4.69) is 31.7 Å². The molecule has 1 unspecified atom stereocenters. The predicted molar refractivity (Wildman–Crippen MR) is 131 cm³/mol. The third-order valence-electron chi connectivity index (χ3n) is 4.56. The number of hydrazine groups is 1. The molecular weight excluding hydrogens is 540 g/mol. The maximum atomic E-state index is 13.3. The Labute approximate surface area is 218 Å². The third kappa shape index (κ3) is 9.97. The van der Waals surface area contributed by atoms with Crippen LogP contribution in [0.15, 0.2) is 16.7 Å². The fourth-order valence-electron chi connectivity index (χ4n) is 3.23. The van der Waals surface area contributed by atoms with Crippen LogP contribution in [0.1, 0.15) is 60.1 Å². The highest BCUT2D eigenvalue weighted by Gasteiger charge is 2.33. The molecular formula is C23H33BrN4O8. The number of ether oxygens (including phenoxy) is 3. The van der Waals surface area contributed by atoms with Crippen LogP contribution in [0.4, 0.5) is 9.59 Å². The summed E-state index contributed by atoms with van der Waals surface area (Å²) in [5.41, 5.74) is 1.43. The lowest BCUT2D eigenvalue weighted by Gasteiger charge is -2.34. The molecule has 1 aliphatic heterocycles. The van der Waals surface area contributed by atoms with Crippen molar-refractivity contribution in [3.63, 3.8) is 0 Å². The normalized spacial score (nSPS) is 17.1. The predicted octanol–water partition coefficient (Wildman–Crippen LogP) is 3.17. The number of halogens is 1. The van der Waals surface area contributed by atoms with E-state index in [-0.39, 0.29) is 18.7 Å². The zero-order valence-corrected chi connectivity index (χ0v) is 22.8. The van der Waals surface area contributed by atoms with Crippen LogP contribution < -0.4 is 15.5 Å². The van der Waals surface area contributed by atoms with Crippen molar-refractivity contribution in [3.05, 3.63) is 22.4 Å². The summed E-state index contributed by atoms with van der Waals surface area (Å²) in [4.78, 5) is 53.6. The van der Waals surface area contributed by atoms with Crippen LogP contribution in [-0.4, -0.2) is 69.1 Å². The van der Waals surface area contributed by atoms with Crippen LogP contribution in [0, 0.1) is 0 Å². The number of aromatic nitrogens is 1. The average Bonchev–Trinajstić information content (AvgIpc) is 2.69. The zero-order chi connectivity index (χ0) is 27.3. The summed E-state index contributed by atoms with van der Waals surface area (Å²) in [6, 6.07) is 0.809. The first-order chi connectivity index (χ1) is 16.5. The quantitative estimate of drug-likeness (QED) is 0.341. The van der Waals surface area contributed by atoms with Crippen LogP contribution in [0.3, 0.4) is 0 Å². The molecule has 13 heteroatoms. The van der Waals surface area contributed by atoms with E-state index in [1.54, 1.807) is 41.5 Å². The van der Waals surface area contributed by atoms with Crippen LogP contribution in [0.25, 0.3) is 0 Å². The number of carboxylic acids is 1. The molecule has 200 valence electrons. The van der Waals surface area contributed by atoms with Gasteiger partial charge in [0.25, 0.3) is 5.91 Å². The number of carboxylic acid groups (broad SMARTS) is 1. The van der Waals surface area contributed by atoms with E-state index >= 15 is 0 Å². The Hall–Kier alpha value is -2.93. The number of pyridine rings is 1. The largest absolute Gasteiger partial charge is 0.514 e. The summed E-state index contributed by atoms with van der Waals surface area (Å²) in [5.74, 6) is -1.53. The molecule has 36 heavy (non-hydrogen) atoms. The molecule has 0 spiro atoms. The highest BCUT2D eigenvalue weighted by molar-refractivity contribution is 9.10. The monoisotopic (exact) mass is 572 g/mol. The number of aliphatic carboxylic acids is 1. The van der Waals surface area contributed by atoms with Gasteiger partial charge in [-0.15, -0.1) is 0 Å². The number of rotatable bonds is 6. The molecule has 2 amide bonds. The first-order valence-corrected chi connectivity index (χ1v) is 12.2. The van der Waals surface area contributed by atoms with E-state index in [0.29, 0.717) is 23.1 Å². The Bertz CT molecular complexity index is 989. The fourth-order valence-corrected chi connectivity index (χ4v) is 3.68. The minimum atomic E-state index is -1.16.